The van der Waals surface area contributed by atoms with Crippen molar-refractivity contribution in [3.63, 3.8) is 0 Å². The van der Waals surface area contributed by atoms with Gasteiger partial charge in [0.05, 0.1) is 11.1 Å². The Labute approximate surface area is 276 Å². The van der Waals surface area contributed by atoms with Crippen LogP contribution in [0.2, 0.25) is 0 Å². The number of thiazole rings is 1. The normalized spacial score (nSPS) is 11.3. The van der Waals surface area contributed by atoms with Crippen molar-refractivity contribution in [1.82, 2.24) is 9.97 Å². The van der Waals surface area contributed by atoms with Gasteiger partial charge in [0.25, 0.3) is 0 Å². The molecule has 7 rings (SSSR count). The molecule has 0 spiro atoms. The summed E-state index contributed by atoms with van der Waals surface area (Å²) in [4.78, 5) is 9.86. The van der Waals surface area contributed by atoms with Gasteiger partial charge in [-0.05, 0) is 41.0 Å². The average molecular weight is 769 g/mol. The minimum absolute atomic E-state index is 0. The van der Waals surface area contributed by atoms with Crippen molar-refractivity contribution in [3.05, 3.63) is 151 Å². The molecule has 2 aromatic heterocycles. The Hall–Kier alpha value is -4.37. The van der Waals surface area contributed by atoms with Gasteiger partial charge in [-0.15, -0.1) is 35.1 Å². The second kappa shape index (κ2) is 12.3. The van der Waals surface area contributed by atoms with Crippen LogP contribution in [0.15, 0.2) is 134 Å². The van der Waals surface area contributed by atoms with Crippen molar-refractivity contribution in [2.75, 3.05) is 0 Å². The van der Waals surface area contributed by atoms with Gasteiger partial charge in [-0.2, -0.15) is 0 Å². The summed E-state index contributed by atoms with van der Waals surface area (Å²) in [7, 11) is 0. The van der Waals surface area contributed by atoms with E-state index in [1.807, 2.05) is 30.5 Å². The molecule has 0 fully saturated rings. The molecule has 7 aromatic rings. The van der Waals surface area contributed by atoms with E-state index in [-0.39, 0.29) is 32.2 Å². The quantitative estimate of drug-likeness (QED) is 0.172. The number of fused-ring (bicyclic) bond motifs is 1. The Kier molecular flexibility index (Phi) is 8.31. The number of phenolic OH excluding ortho intramolecular Hbond substituents is 1. The van der Waals surface area contributed by atoms with Gasteiger partial charge in [-0.25, -0.2) is 4.98 Å². The Balaban J connectivity index is 0.00000343. The average Bonchev–Trinajstić information content (AvgIpc) is 3.50. The third-order valence-electron chi connectivity index (χ3n) is 8.07. The van der Waals surface area contributed by atoms with E-state index < -0.39 is 0 Å². The molecule has 0 saturated carbocycles. The number of aromatic nitrogens is 2. The second-order valence-corrected chi connectivity index (χ2v) is 12.2. The smallest absolute Gasteiger partial charge is 0.127 e. The van der Waals surface area contributed by atoms with E-state index in [2.05, 4.69) is 117 Å². The fourth-order valence-electron chi connectivity index (χ4n) is 5.57. The van der Waals surface area contributed by atoms with Crippen molar-refractivity contribution >= 4 is 21.6 Å². The van der Waals surface area contributed by atoms with Gasteiger partial charge in [0.1, 0.15) is 10.8 Å². The maximum atomic E-state index is 10.5. The monoisotopic (exact) mass is 768 g/mol. The summed E-state index contributed by atoms with van der Waals surface area (Å²) < 4.78 is 1.06. The Morgan fingerprint density at radius 3 is 2.11 bits per heavy atom. The molecule has 5 aromatic carbocycles. The first-order chi connectivity index (χ1) is 21.0. The van der Waals surface area contributed by atoms with Gasteiger partial charge in [0.2, 0.25) is 0 Å². The van der Waals surface area contributed by atoms with E-state index in [1.54, 1.807) is 17.4 Å². The summed E-state index contributed by atoms with van der Waals surface area (Å²) in [5.74, 6) is 0.229. The SMILES string of the molecule is CC(C)(c1ccccc1)c1ccnc(-c2[c-]c(-c3cccc4sc(-c5ccccc5O)nc34)cc(-c3ccccc3)c2)c1.[Pt]. The predicted octanol–water partition coefficient (Wildman–Crippen LogP) is 10.2. The zero-order chi connectivity index (χ0) is 29.4. The molecular weight excluding hydrogens is 740 g/mol. The topological polar surface area (TPSA) is 46.0 Å². The molecule has 0 atom stereocenters. The number of hydrogen-bond donors (Lipinski definition) is 1. The van der Waals surface area contributed by atoms with Gasteiger partial charge in [0.15, 0.2) is 0 Å². The van der Waals surface area contributed by atoms with Gasteiger partial charge >= 0.3 is 0 Å². The number of rotatable bonds is 6. The van der Waals surface area contributed by atoms with E-state index in [9.17, 15) is 5.11 Å². The molecule has 44 heavy (non-hydrogen) atoms. The second-order valence-electron chi connectivity index (χ2n) is 11.2. The van der Waals surface area contributed by atoms with E-state index in [0.29, 0.717) is 0 Å². The van der Waals surface area contributed by atoms with Crippen LogP contribution in [0.1, 0.15) is 25.0 Å². The predicted molar refractivity (Wildman–Crippen MR) is 178 cm³/mol. The summed E-state index contributed by atoms with van der Waals surface area (Å²) in [6, 6.07) is 47.0. The third kappa shape index (κ3) is 5.64. The van der Waals surface area contributed by atoms with Gasteiger partial charge < -0.3 is 5.11 Å². The van der Waals surface area contributed by atoms with E-state index >= 15 is 0 Å². The van der Waals surface area contributed by atoms with Gasteiger partial charge in [0, 0.05) is 43.1 Å². The van der Waals surface area contributed by atoms with Crippen molar-refractivity contribution in [1.29, 1.82) is 0 Å². The van der Waals surface area contributed by atoms with Crippen LogP contribution in [0.4, 0.5) is 0 Å². The number of hydrogen-bond acceptors (Lipinski definition) is 4. The van der Waals surface area contributed by atoms with Crippen molar-refractivity contribution in [3.8, 4) is 49.8 Å². The minimum atomic E-state index is -0.190. The summed E-state index contributed by atoms with van der Waals surface area (Å²) in [6.07, 6.45) is 1.90. The summed E-state index contributed by atoms with van der Waals surface area (Å²) in [5.41, 5.74) is 9.85. The number of aromatic hydroxyl groups is 1. The van der Waals surface area contributed by atoms with Crippen molar-refractivity contribution < 1.29 is 26.2 Å². The zero-order valence-corrected chi connectivity index (χ0v) is 27.4. The van der Waals surface area contributed by atoms with Gasteiger partial charge in [-0.1, -0.05) is 122 Å². The molecule has 0 aliphatic heterocycles. The van der Waals surface area contributed by atoms with Crippen LogP contribution in [0.3, 0.4) is 0 Å². The minimum Gasteiger partial charge on any atom is -0.507 e. The molecule has 5 heteroatoms. The Morgan fingerprint density at radius 1 is 0.659 bits per heavy atom. The molecule has 1 N–H and O–H groups in total. The molecule has 0 bridgehead atoms. The zero-order valence-electron chi connectivity index (χ0n) is 24.3. The van der Waals surface area contributed by atoms with E-state index in [4.69, 9.17) is 9.97 Å². The molecule has 0 saturated heterocycles. The van der Waals surface area contributed by atoms with Gasteiger partial charge in [-0.3, -0.25) is 4.98 Å². The molecule has 3 nitrogen and oxygen atoms in total. The Morgan fingerprint density at radius 2 is 1.34 bits per heavy atom. The number of phenols is 1. The van der Waals surface area contributed by atoms with Crippen LogP contribution in [0.5, 0.6) is 5.75 Å². The fraction of sp³-hybridized carbons (Fsp3) is 0.0769. The molecule has 0 aliphatic carbocycles. The van der Waals surface area contributed by atoms with Crippen LogP contribution in [0.25, 0.3) is 54.3 Å². The first-order valence-electron chi connectivity index (χ1n) is 14.3. The molecule has 218 valence electrons. The number of benzene rings is 5. The number of nitrogens with zero attached hydrogens (tertiary/aromatic N) is 2. The van der Waals surface area contributed by atoms with Crippen LogP contribution in [-0.2, 0) is 26.5 Å². The largest absolute Gasteiger partial charge is 0.507 e. The summed E-state index contributed by atoms with van der Waals surface area (Å²) in [5, 5.41) is 11.3. The molecular formula is C39H29N2OPtS-. The standard InChI is InChI=1S/C39H29N2OS.Pt/c1-39(2,30-14-7-4-8-15-30)31-20-21-40-34(25-31)29-23-27(26-12-5-3-6-13-26)22-28(24-29)32-17-11-19-36-37(32)41-38(43-36)33-16-9-10-18-35(33)42;/h3-23,25,42H,1-2H3;/q-1;. The third-order valence-corrected chi connectivity index (χ3v) is 9.13. The van der Waals surface area contributed by atoms with E-state index in [1.165, 1.54) is 11.1 Å². The maximum absolute atomic E-state index is 10.5. The van der Waals surface area contributed by atoms with Crippen molar-refractivity contribution in [2.24, 2.45) is 0 Å². The molecule has 0 unspecified atom stereocenters. The molecule has 2 heterocycles. The van der Waals surface area contributed by atoms with Crippen LogP contribution in [0, 0.1) is 6.07 Å². The fourth-order valence-corrected chi connectivity index (χ4v) is 6.60. The Bertz CT molecular complexity index is 2070. The molecule has 0 amide bonds. The number of para-hydroxylation sites is 2. The van der Waals surface area contributed by atoms with Crippen molar-refractivity contribution in [2.45, 2.75) is 19.3 Å². The maximum Gasteiger partial charge on any atom is 0.127 e. The van der Waals surface area contributed by atoms with Crippen LogP contribution >= 0.6 is 11.3 Å². The first kappa shape index (κ1) is 29.7. The molecule has 0 radical (unpaired) electrons. The molecule has 0 aliphatic rings. The first-order valence-corrected chi connectivity index (χ1v) is 15.1. The van der Waals surface area contributed by atoms with Crippen LogP contribution in [-0.4, -0.2) is 15.1 Å². The van der Waals surface area contributed by atoms with Crippen LogP contribution < -0.4 is 0 Å². The number of pyridine rings is 1. The summed E-state index contributed by atoms with van der Waals surface area (Å²) >= 11 is 1.58. The van der Waals surface area contributed by atoms with E-state index in [0.717, 1.165) is 54.3 Å². The summed E-state index contributed by atoms with van der Waals surface area (Å²) in [6.45, 7) is 4.50.